The van der Waals surface area contributed by atoms with E-state index in [4.69, 9.17) is 15.2 Å². The second-order valence-electron chi connectivity index (χ2n) is 4.09. The predicted molar refractivity (Wildman–Crippen MR) is 62.9 cm³/mol. The van der Waals surface area contributed by atoms with Crippen LogP contribution in [0.4, 0.5) is 0 Å². The molecule has 0 heterocycles. The molecule has 5 nitrogen and oxygen atoms in total. The van der Waals surface area contributed by atoms with Crippen molar-refractivity contribution in [1.82, 2.24) is 0 Å². The lowest BCUT2D eigenvalue weighted by Gasteiger charge is -2.14. The predicted octanol–water partition coefficient (Wildman–Crippen LogP) is 0.926. The van der Waals surface area contributed by atoms with E-state index in [2.05, 4.69) is 0 Å². The van der Waals surface area contributed by atoms with E-state index in [1.54, 1.807) is 12.1 Å². The smallest absolute Gasteiger partial charge is 0.200 e. The fourth-order valence-electron chi connectivity index (χ4n) is 1.61. The minimum atomic E-state index is -3.54. The first-order chi connectivity index (χ1) is 7.94. The van der Waals surface area contributed by atoms with Gasteiger partial charge in [-0.3, -0.25) is 0 Å². The maximum atomic E-state index is 12.2. The van der Waals surface area contributed by atoms with Crippen LogP contribution in [0.1, 0.15) is 12.8 Å². The van der Waals surface area contributed by atoms with Crippen molar-refractivity contribution >= 4 is 9.84 Å². The summed E-state index contributed by atoms with van der Waals surface area (Å²) in [6, 6.07) is 4.60. The van der Waals surface area contributed by atoms with E-state index in [1.165, 1.54) is 20.3 Å². The lowest BCUT2D eigenvalue weighted by Crippen LogP contribution is -2.33. The molecule has 0 bridgehead atoms. The zero-order chi connectivity index (χ0) is 12.7. The summed E-state index contributed by atoms with van der Waals surface area (Å²) in [6.07, 6.45) is 0.981. The molecule has 1 aromatic carbocycles. The Labute approximate surface area is 100 Å². The maximum Gasteiger partial charge on any atom is 0.200 e. The number of benzene rings is 1. The molecule has 0 spiro atoms. The van der Waals surface area contributed by atoms with E-state index < -0.39 is 14.7 Å². The van der Waals surface area contributed by atoms with Gasteiger partial charge in [0, 0.05) is 6.07 Å². The van der Waals surface area contributed by atoms with Gasteiger partial charge in [-0.1, -0.05) is 0 Å². The Morgan fingerprint density at radius 3 is 2.35 bits per heavy atom. The van der Waals surface area contributed by atoms with Crippen molar-refractivity contribution in [2.45, 2.75) is 22.6 Å². The number of hydrogen-bond donors (Lipinski definition) is 1. The summed E-state index contributed by atoms with van der Waals surface area (Å²) in [4.78, 5) is -0.990. The van der Waals surface area contributed by atoms with Crippen LogP contribution in [0.3, 0.4) is 0 Å². The Morgan fingerprint density at radius 2 is 1.88 bits per heavy atom. The van der Waals surface area contributed by atoms with Crippen molar-refractivity contribution in [2.75, 3.05) is 14.2 Å². The first-order valence-electron chi connectivity index (χ1n) is 5.20. The molecule has 2 rings (SSSR count). The van der Waals surface area contributed by atoms with Crippen LogP contribution in [0, 0.1) is 0 Å². The quantitative estimate of drug-likeness (QED) is 0.868. The van der Waals surface area contributed by atoms with E-state index in [9.17, 15) is 8.42 Å². The number of ether oxygens (including phenoxy) is 2. The van der Waals surface area contributed by atoms with Gasteiger partial charge in [0.25, 0.3) is 0 Å². The van der Waals surface area contributed by atoms with Gasteiger partial charge in [-0.2, -0.15) is 0 Å². The zero-order valence-electron chi connectivity index (χ0n) is 9.76. The fraction of sp³-hybridized carbons (Fsp3) is 0.455. The lowest BCUT2D eigenvalue weighted by atomic mass is 10.3. The second-order valence-corrected chi connectivity index (χ2v) is 6.34. The minimum Gasteiger partial charge on any atom is -0.497 e. The van der Waals surface area contributed by atoms with Gasteiger partial charge in [0.15, 0.2) is 0 Å². The van der Waals surface area contributed by atoms with Crippen molar-refractivity contribution in [3.63, 3.8) is 0 Å². The summed E-state index contributed by atoms with van der Waals surface area (Å²) in [5.74, 6) is 0.809. The molecule has 0 atom stereocenters. The highest BCUT2D eigenvalue weighted by atomic mass is 32.2. The SMILES string of the molecule is COc1ccc(S(=O)(=O)C2(N)CC2)c(OC)c1. The summed E-state index contributed by atoms with van der Waals surface area (Å²) >= 11 is 0. The minimum absolute atomic E-state index is 0.126. The summed E-state index contributed by atoms with van der Waals surface area (Å²) in [5, 5.41) is 0. The van der Waals surface area contributed by atoms with Gasteiger partial charge < -0.3 is 15.2 Å². The van der Waals surface area contributed by atoms with Gasteiger partial charge in [0.2, 0.25) is 9.84 Å². The second kappa shape index (κ2) is 3.89. The molecule has 0 unspecified atom stereocenters. The first-order valence-corrected chi connectivity index (χ1v) is 6.68. The van der Waals surface area contributed by atoms with Crippen LogP contribution in [0.15, 0.2) is 23.1 Å². The number of nitrogens with two attached hydrogens (primary N) is 1. The maximum absolute atomic E-state index is 12.2. The van der Waals surface area contributed by atoms with Crippen LogP contribution < -0.4 is 15.2 Å². The first kappa shape index (κ1) is 12.2. The van der Waals surface area contributed by atoms with Gasteiger partial charge in [-0.05, 0) is 25.0 Å². The van der Waals surface area contributed by atoms with Crippen LogP contribution in [0.25, 0.3) is 0 Å². The normalized spacial score (nSPS) is 17.6. The van der Waals surface area contributed by atoms with E-state index in [1.807, 2.05) is 0 Å². The summed E-state index contributed by atoms with van der Waals surface area (Å²) in [5.41, 5.74) is 5.78. The van der Waals surface area contributed by atoms with Crippen LogP contribution in [0.5, 0.6) is 11.5 Å². The fourth-order valence-corrected chi connectivity index (χ4v) is 3.34. The molecule has 0 saturated heterocycles. The van der Waals surface area contributed by atoms with Crippen molar-refractivity contribution < 1.29 is 17.9 Å². The Kier molecular flexibility index (Phi) is 2.79. The third-order valence-electron chi connectivity index (χ3n) is 2.94. The van der Waals surface area contributed by atoms with Gasteiger partial charge in [-0.25, -0.2) is 8.42 Å². The van der Waals surface area contributed by atoms with Crippen LogP contribution in [0.2, 0.25) is 0 Å². The van der Waals surface area contributed by atoms with Gasteiger partial charge in [-0.15, -0.1) is 0 Å². The Bertz CT molecular complexity index is 534. The topological polar surface area (TPSA) is 78.6 Å². The van der Waals surface area contributed by atoms with E-state index >= 15 is 0 Å². The third-order valence-corrected chi connectivity index (χ3v) is 5.33. The largest absolute Gasteiger partial charge is 0.497 e. The monoisotopic (exact) mass is 257 g/mol. The van der Waals surface area contributed by atoms with Crippen LogP contribution in [-0.4, -0.2) is 27.5 Å². The number of hydrogen-bond acceptors (Lipinski definition) is 5. The zero-order valence-corrected chi connectivity index (χ0v) is 10.6. The molecular formula is C11H15NO4S. The van der Waals surface area contributed by atoms with Gasteiger partial charge in [0.05, 0.1) is 14.2 Å². The van der Waals surface area contributed by atoms with Crippen molar-refractivity contribution in [3.8, 4) is 11.5 Å². The highest BCUT2D eigenvalue weighted by Gasteiger charge is 2.52. The summed E-state index contributed by atoms with van der Waals surface area (Å²) in [7, 11) is -0.607. The van der Waals surface area contributed by atoms with Crippen molar-refractivity contribution in [3.05, 3.63) is 18.2 Å². The molecular weight excluding hydrogens is 242 g/mol. The molecule has 0 aromatic heterocycles. The number of methoxy groups -OCH3 is 2. The molecule has 1 aliphatic rings. The van der Waals surface area contributed by atoms with E-state index in [0.717, 1.165) is 0 Å². The molecule has 1 aromatic rings. The summed E-state index contributed by atoms with van der Waals surface area (Å²) < 4.78 is 34.6. The average Bonchev–Trinajstić information content (AvgIpc) is 3.08. The standard InChI is InChI=1S/C11H15NO4S/c1-15-8-3-4-10(9(7-8)16-2)17(13,14)11(12)5-6-11/h3-4,7H,5-6,12H2,1-2H3. The molecule has 0 aliphatic heterocycles. The Hall–Kier alpha value is -1.27. The molecule has 1 fully saturated rings. The molecule has 0 amide bonds. The van der Waals surface area contributed by atoms with Crippen LogP contribution in [-0.2, 0) is 9.84 Å². The number of rotatable bonds is 4. The molecule has 0 radical (unpaired) electrons. The average molecular weight is 257 g/mol. The van der Waals surface area contributed by atoms with Gasteiger partial charge >= 0.3 is 0 Å². The van der Waals surface area contributed by atoms with Crippen molar-refractivity contribution in [1.29, 1.82) is 0 Å². The van der Waals surface area contributed by atoms with Gasteiger partial charge in [0.1, 0.15) is 21.3 Å². The van der Waals surface area contributed by atoms with Crippen LogP contribution >= 0.6 is 0 Å². The molecule has 1 aliphatic carbocycles. The Balaban J connectivity index is 2.52. The van der Waals surface area contributed by atoms with E-state index in [0.29, 0.717) is 18.6 Å². The molecule has 17 heavy (non-hydrogen) atoms. The molecule has 2 N–H and O–H groups in total. The lowest BCUT2D eigenvalue weighted by molar-refractivity contribution is 0.386. The summed E-state index contributed by atoms with van der Waals surface area (Å²) in [6.45, 7) is 0. The highest BCUT2D eigenvalue weighted by molar-refractivity contribution is 7.93. The van der Waals surface area contributed by atoms with Crippen molar-refractivity contribution in [2.24, 2.45) is 5.73 Å². The Morgan fingerprint density at radius 1 is 1.24 bits per heavy atom. The molecule has 1 saturated carbocycles. The third kappa shape index (κ3) is 1.87. The molecule has 94 valence electrons. The molecule has 6 heteroatoms. The van der Waals surface area contributed by atoms with E-state index in [-0.39, 0.29) is 10.6 Å². The highest BCUT2D eigenvalue weighted by Crippen LogP contribution is 2.44. The number of sulfone groups is 1.